The van der Waals surface area contributed by atoms with Gasteiger partial charge in [0, 0.05) is 25.7 Å². The first-order valence-electron chi connectivity index (χ1n) is 9.25. The average Bonchev–Trinajstić information content (AvgIpc) is 2.72. The molecule has 0 saturated carbocycles. The van der Waals surface area contributed by atoms with Crippen LogP contribution in [0.2, 0.25) is 0 Å². The number of benzene rings is 2. The first-order chi connectivity index (χ1) is 13.8. The highest BCUT2D eigenvalue weighted by Gasteiger charge is 2.28. The molecule has 1 heterocycles. The zero-order chi connectivity index (χ0) is 21.0. The number of nitro groups is 1. The molecule has 1 atom stereocenters. The second kappa shape index (κ2) is 8.85. The van der Waals surface area contributed by atoms with E-state index >= 15 is 0 Å². The van der Waals surface area contributed by atoms with Gasteiger partial charge in [-0.05, 0) is 42.7 Å². The van der Waals surface area contributed by atoms with Gasteiger partial charge in [0.1, 0.15) is 11.5 Å². The van der Waals surface area contributed by atoms with E-state index in [9.17, 15) is 28.0 Å². The molecule has 29 heavy (non-hydrogen) atoms. The lowest BCUT2D eigenvalue weighted by atomic mass is 10.1. The monoisotopic (exact) mass is 423 g/mol. The largest absolute Gasteiger partial charge is 0.387 e. The van der Waals surface area contributed by atoms with Crippen LogP contribution in [-0.4, -0.2) is 42.4 Å². The lowest BCUT2D eigenvalue weighted by Gasteiger charge is -2.25. The summed E-state index contributed by atoms with van der Waals surface area (Å²) in [4.78, 5) is 10.7. The molecular formula is C19H22FN3O5S. The number of rotatable bonds is 7. The second-order valence-electron chi connectivity index (χ2n) is 6.85. The Morgan fingerprint density at radius 2 is 1.90 bits per heavy atom. The van der Waals surface area contributed by atoms with Crippen molar-refractivity contribution in [2.75, 3.05) is 25.0 Å². The Bertz CT molecular complexity index is 993. The van der Waals surface area contributed by atoms with Crippen molar-refractivity contribution in [3.05, 3.63) is 64.0 Å². The van der Waals surface area contributed by atoms with Crippen LogP contribution < -0.4 is 5.32 Å². The maximum absolute atomic E-state index is 13.3. The van der Waals surface area contributed by atoms with Crippen molar-refractivity contribution in [1.82, 2.24) is 4.31 Å². The molecule has 0 aromatic heterocycles. The zero-order valence-electron chi connectivity index (χ0n) is 15.6. The number of nitro benzene ring substituents is 1. The number of hydrogen-bond acceptors (Lipinski definition) is 6. The molecule has 2 aromatic rings. The van der Waals surface area contributed by atoms with Crippen LogP contribution in [0.15, 0.2) is 47.4 Å². The molecule has 0 aliphatic carbocycles. The summed E-state index contributed by atoms with van der Waals surface area (Å²) in [6.07, 6.45) is 1.39. The molecule has 1 fully saturated rings. The van der Waals surface area contributed by atoms with E-state index in [2.05, 4.69) is 5.32 Å². The SMILES string of the molecule is O=[N+]([O-])c1cc(S(=O)(=O)N2CCCCC2)ccc1NCC(O)c1cccc(F)c1. The van der Waals surface area contributed by atoms with Gasteiger partial charge in [-0.3, -0.25) is 10.1 Å². The van der Waals surface area contributed by atoms with Crippen molar-refractivity contribution >= 4 is 21.4 Å². The minimum Gasteiger partial charge on any atom is -0.387 e. The van der Waals surface area contributed by atoms with E-state index in [-0.39, 0.29) is 17.1 Å². The number of hydrogen-bond donors (Lipinski definition) is 2. The summed E-state index contributed by atoms with van der Waals surface area (Å²) in [5.74, 6) is -0.500. The normalized spacial score (nSPS) is 16.3. The number of nitrogens with one attached hydrogen (secondary N) is 1. The third-order valence-corrected chi connectivity index (χ3v) is 6.73. The van der Waals surface area contributed by atoms with Crippen LogP contribution >= 0.6 is 0 Å². The van der Waals surface area contributed by atoms with E-state index < -0.39 is 32.6 Å². The summed E-state index contributed by atoms with van der Waals surface area (Å²) >= 11 is 0. The van der Waals surface area contributed by atoms with E-state index in [1.807, 2.05) is 0 Å². The number of sulfonamides is 1. The Labute approximate surface area is 168 Å². The van der Waals surface area contributed by atoms with Crippen molar-refractivity contribution in [1.29, 1.82) is 0 Å². The van der Waals surface area contributed by atoms with Crippen LogP contribution in [0, 0.1) is 15.9 Å². The van der Waals surface area contributed by atoms with Crippen molar-refractivity contribution in [3.8, 4) is 0 Å². The highest BCUT2D eigenvalue weighted by molar-refractivity contribution is 7.89. The first kappa shape index (κ1) is 21.2. The number of aliphatic hydroxyl groups is 1. The van der Waals surface area contributed by atoms with Gasteiger partial charge in [0.25, 0.3) is 5.69 Å². The standard InChI is InChI=1S/C19H22FN3O5S/c20-15-6-4-5-14(11-15)19(24)13-21-17-8-7-16(12-18(17)23(25)26)29(27,28)22-9-2-1-3-10-22/h4-8,11-12,19,21,24H,1-3,9-10,13H2. The number of nitrogens with zero attached hydrogens (tertiary/aromatic N) is 2. The smallest absolute Gasteiger partial charge is 0.293 e. The minimum absolute atomic E-state index is 0.0723. The van der Waals surface area contributed by atoms with Crippen molar-refractivity contribution < 1.29 is 22.8 Å². The maximum Gasteiger partial charge on any atom is 0.293 e. The van der Waals surface area contributed by atoms with Gasteiger partial charge in [-0.15, -0.1) is 0 Å². The Kier molecular flexibility index (Phi) is 6.46. The average molecular weight is 423 g/mol. The van der Waals surface area contributed by atoms with Gasteiger partial charge in [-0.25, -0.2) is 12.8 Å². The van der Waals surface area contributed by atoms with Crippen LogP contribution in [0.5, 0.6) is 0 Å². The maximum atomic E-state index is 13.3. The molecular weight excluding hydrogens is 401 g/mol. The summed E-state index contributed by atoms with van der Waals surface area (Å²) < 4.78 is 40.2. The number of anilines is 1. The van der Waals surface area contributed by atoms with E-state index in [1.54, 1.807) is 0 Å². The van der Waals surface area contributed by atoms with Crippen LogP contribution in [0.4, 0.5) is 15.8 Å². The van der Waals surface area contributed by atoms with Gasteiger partial charge in [-0.1, -0.05) is 18.6 Å². The van der Waals surface area contributed by atoms with E-state index in [4.69, 9.17) is 0 Å². The van der Waals surface area contributed by atoms with Crippen molar-refractivity contribution in [2.24, 2.45) is 0 Å². The lowest BCUT2D eigenvalue weighted by Crippen LogP contribution is -2.35. The third kappa shape index (κ3) is 4.89. The Balaban J connectivity index is 1.80. The molecule has 0 radical (unpaired) electrons. The number of halogens is 1. The summed E-state index contributed by atoms with van der Waals surface area (Å²) in [6.45, 7) is 0.689. The highest BCUT2D eigenvalue weighted by Crippen LogP contribution is 2.30. The van der Waals surface area contributed by atoms with E-state index in [1.165, 1.54) is 40.7 Å². The summed E-state index contributed by atoms with van der Waals surface area (Å²) in [7, 11) is -3.80. The Morgan fingerprint density at radius 3 is 2.55 bits per heavy atom. The molecule has 2 aromatic carbocycles. The molecule has 3 rings (SSSR count). The Hall–Kier alpha value is -2.56. The van der Waals surface area contributed by atoms with Gasteiger partial charge in [0.05, 0.1) is 15.9 Å². The molecule has 2 N–H and O–H groups in total. The molecule has 1 aliphatic heterocycles. The van der Waals surface area contributed by atoms with Crippen LogP contribution in [0.25, 0.3) is 0 Å². The van der Waals surface area contributed by atoms with Crippen molar-refractivity contribution in [2.45, 2.75) is 30.3 Å². The van der Waals surface area contributed by atoms with Crippen LogP contribution in [0.1, 0.15) is 30.9 Å². The second-order valence-corrected chi connectivity index (χ2v) is 8.79. The number of piperidine rings is 1. The molecule has 1 saturated heterocycles. The van der Waals surface area contributed by atoms with Crippen LogP contribution in [0.3, 0.4) is 0 Å². The predicted molar refractivity (Wildman–Crippen MR) is 106 cm³/mol. The molecule has 0 amide bonds. The van der Waals surface area contributed by atoms with Crippen molar-refractivity contribution in [3.63, 3.8) is 0 Å². The van der Waals surface area contributed by atoms with Gasteiger partial charge in [-0.2, -0.15) is 4.31 Å². The molecule has 0 bridgehead atoms. The molecule has 1 aliphatic rings. The van der Waals surface area contributed by atoms with Crippen LogP contribution in [-0.2, 0) is 10.0 Å². The third-order valence-electron chi connectivity index (χ3n) is 4.84. The van der Waals surface area contributed by atoms with Gasteiger partial charge in [0.15, 0.2) is 0 Å². The minimum atomic E-state index is -3.80. The fraction of sp³-hybridized carbons (Fsp3) is 0.368. The zero-order valence-corrected chi connectivity index (χ0v) is 16.4. The summed E-state index contributed by atoms with van der Waals surface area (Å²) in [5.41, 5.74) is -0.0120. The summed E-state index contributed by atoms with van der Waals surface area (Å²) in [5, 5.41) is 24.4. The fourth-order valence-corrected chi connectivity index (χ4v) is 4.80. The quantitative estimate of drug-likeness (QED) is 0.523. The summed E-state index contributed by atoms with van der Waals surface area (Å²) in [6, 6.07) is 9.07. The van der Waals surface area contributed by atoms with Gasteiger partial charge < -0.3 is 10.4 Å². The molecule has 0 spiro atoms. The predicted octanol–water partition coefficient (Wildman–Crippen LogP) is 3.05. The lowest BCUT2D eigenvalue weighted by molar-refractivity contribution is -0.384. The van der Waals surface area contributed by atoms with Gasteiger partial charge >= 0.3 is 0 Å². The topological polar surface area (TPSA) is 113 Å². The fourth-order valence-electron chi connectivity index (χ4n) is 3.27. The Morgan fingerprint density at radius 1 is 1.17 bits per heavy atom. The van der Waals surface area contributed by atoms with E-state index in [0.717, 1.165) is 25.3 Å². The highest BCUT2D eigenvalue weighted by atomic mass is 32.2. The van der Waals surface area contributed by atoms with Gasteiger partial charge in [0.2, 0.25) is 10.0 Å². The first-order valence-corrected chi connectivity index (χ1v) is 10.7. The molecule has 156 valence electrons. The molecule has 10 heteroatoms. The molecule has 8 nitrogen and oxygen atoms in total. The molecule has 1 unspecified atom stereocenters. The van der Waals surface area contributed by atoms with E-state index in [0.29, 0.717) is 18.7 Å². The number of aliphatic hydroxyl groups excluding tert-OH is 1.